The number of rotatable bonds is 21. The number of aryl methyl sites for hydroxylation is 7. The van der Waals surface area contributed by atoms with E-state index in [0.717, 1.165) is 101 Å². The normalized spacial score (nSPS) is 13.5. The summed E-state index contributed by atoms with van der Waals surface area (Å²) in [5.74, 6) is -3.61. The molecule has 7 aliphatic rings. The first-order valence-electron chi connectivity index (χ1n) is 46.9. The Hall–Kier alpha value is -13.4. The van der Waals surface area contributed by atoms with Crippen molar-refractivity contribution in [2.75, 3.05) is 0 Å². The lowest BCUT2D eigenvalue weighted by molar-refractivity contribution is -0.138. The SMILES string of the molecule is Cc1cc(C(F)(F)F)c(C(=O)Cc2ccc3c(c2)B(O)OC3)cn1.Cc1cc(Cl)c(C(=O)Cc2ccc3c(c2)B(O)OC3)cn1.Cc1cc(F)c(C(=O)Cc2ccc3c(c2)B(O)OC3)cn1.Cc1ccc(C(=O)Cc2ccc3c(c2)B(O)OC3)c(Cl)n1.Cc1ccc(C(=O)Cc2ccc3c(c2)B(O)OC3)c(F)n1.Cc1ncc(C(=O)Cc2ccc3c(c2)B(O)OC3)cc1Cl.Cc1ncc(C(=O)Cc2ccc3c(c2)B(O)OC3)cc1F. The molecule has 0 spiro atoms. The lowest BCUT2D eigenvalue weighted by atomic mass is 9.78. The van der Waals surface area contributed by atoms with Gasteiger partial charge < -0.3 is 67.7 Å². The van der Waals surface area contributed by atoms with E-state index >= 15 is 0 Å². The Morgan fingerprint density at radius 3 is 0.900 bits per heavy atom. The third kappa shape index (κ3) is 27.9. The molecular weight excluding hydrogens is 2000 g/mol. The maximum absolute atomic E-state index is 13.8. The molecule has 0 atom stereocenters. The number of carbonyl (C=O) groups excluding carboxylic acids is 7. The molecule has 0 unspecified atom stereocenters. The standard InChI is InChI=1S/C16H13BF3NO3.3C15H13BClNO3.3C15H13BFNO3/c1-9-4-13(16(18,19)20)12(7-21-9)15(22)6-10-2-3-11-8-24-17(23)14(11)5-10;1-9-2-5-12(15(17)18-9)14(19)7-10-3-4-11-8-21-16(20)13(11)6-10;1-9-14(17)6-12(7-18-9)15(19)5-10-2-3-11-8-21-16(20)13(11)4-10;1-9-4-14(17)12(7-18-9)15(19)6-10-2-3-11-8-21-16(20)13(11)5-10;1-9-2-5-12(15(17)18-9)14(19)7-10-3-4-11-8-21-16(20)13(11)6-10;1-9-14(17)6-12(7-18-9)15(19)5-10-2-3-11-8-21-16(20)13(11)4-10;1-9-4-14(17)12(7-18-9)15(19)6-10-2-3-11-8-21-16(20)13(11)5-10/h2-5,7,23H,6,8H2,1H3;2-6,20H,7-8H2,1H3;2-4,6-7,20H,5,8H2,1H3;2-5,7,20H,6,8H2,1H3;2-6,20H,7-8H2,1H3;2-4,6-7,20H,5,8H2,1H3;2-5,7,20H,6,8H2,1H3. The Bertz CT molecular complexity index is 6970. The Morgan fingerprint density at radius 1 is 0.287 bits per heavy atom. The summed E-state index contributed by atoms with van der Waals surface area (Å²) in [5.41, 5.74) is 20.2. The topological polar surface area (TPSA) is 416 Å². The number of nitrogens with zero attached hydrogens (tertiary/aromatic N) is 7. The van der Waals surface area contributed by atoms with Gasteiger partial charge in [0.1, 0.15) is 16.8 Å². The number of benzene rings is 7. The maximum atomic E-state index is 13.8. The first-order chi connectivity index (χ1) is 71.5. The molecule has 0 radical (unpaired) electrons. The van der Waals surface area contributed by atoms with Crippen molar-refractivity contribution in [1.82, 2.24) is 34.9 Å². The Balaban J connectivity index is 0.000000131. The predicted molar refractivity (Wildman–Crippen MR) is 551 cm³/mol. The number of Topliss-reactive ketones (excluding diaryl/α,β-unsaturated/α-hetero) is 7. The van der Waals surface area contributed by atoms with Gasteiger partial charge in [-0.1, -0.05) is 162 Å². The fraction of sp³-hybridized carbons (Fsp3) is 0.208. The van der Waals surface area contributed by atoms with Crippen LogP contribution in [0.1, 0.15) is 196 Å². The molecule has 28 nitrogen and oxygen atoms in total. The van der Waals surface area contributed by atoms with Crippen molar-refractivity contribution in [3.05, 3.63) is 408 Å². The second-order valence-corrected chi connectivity index (χ2v) is 37.4. The molecule has 44 heteroatoms. The van der Waals surface area contributed by atoms with Gasteiger partial charge in [0.2, 0.25) is 5.95 Å². The molecule has 7 aromatic heterocycles. The summed E-state index contributed by atoms with van der Waals surface area (Å²) in [6.45, 7) is 14.3. The van der Waals surface area contributed by atoms with Gasteiger partial charge in [-0.05, 0) is 219 Å². The van der Waals surface area contributed by atoms with E-state index in [-0.39, 0.29) is 119 Å². The number of ketones is 7. The van der Waals surface area contributed by atoms with Crippen molar-refractivity contribution in [3.8, 4) is 0 Å². The fourth-order valence-corrected chi connectivity index (χ4v) is 17.6. The van der Waals surface area contributed by atoms with Crippen LogP contribution in [0.25, 0.3) is 0 Å². The highest BCUT2D eigenvalue weighted by Gasteiger charge is 2.39. The van der Waals surface area contributed by atoms with Gasteiger partial charge in [0, 0.05) is 121 Å². The van der Waals surface area contributed by atoms with Gasteiger partial charge in [-0.2, -0.15) is 17.6 Å². The molecule has 0 saturated heterocycles. The van der Waals surface area contributed by atoms with Crippen LogP contribution in [-0.4, -0.2) is 160 Å². The van der Waals surface area contributed by atoms with Gasteiger partial charge in [-0.25, -0.2) is 18.7 Å². The number of halogens is 9. The monoisotopic (exact) mass is 2090 g/mol. The largest absolute Gasteiger partial charge is 0.491 e. The van der Waals surface area contributed by atoms with Gasteiger partial charge in [-0.3, -0.25) is 58.5 Å². The summed E-state index contributed by atoms with van der Waals surface area (Å²) in [4.78, 5) is 113. The van der Waals surface area contributed by atoms with E-state index in [9.17, 15) is 95.1 Å². The highest BCUT2D eigenvalue weighted by Crippen LogP contribution is 2.34. The number of pyridine rings is 7. The zero-order chi connectivity index (χ0) is 107. The molecule has 7 aromatic carbocycles. The lowest BCUT2D eigenvalue weighted by Gasteiger charge is -2.12. The molecule has 0 amide bonds. The molecule has 7 aliphatic heterocycles. The molecule has 0 aliphatic carbocycles. The maximum Gasteiger partial charge on any atom is 0.491 e. The quantitative estimate of drug-likeness (QED) is 0.0152. The van der Waals surface area contributed by atoms with Crippen molar-refractivity contribution in [2.45, 2.75) is 146 Å². The van der Waals surface area contributed by atoms with E-state index in [2.05, 4.69) is 34.9 Å². The van der Waals surface area contributed by atoms with E-state index in [4.69, 9.17) is 67.4 Å². The summed E-state index contributed by atoms with van der Waals surface area (Å²) in [6, 6.07) is 50.8. The van der Waals surface area contributed by atoms with E-state index in [1.165, 1.54) is 49.9 Å². The zero-order valence-electron chi connectivity index (χ0n) is 81.5. The second-order valence-electron chi connectivity index (χ2n) is 36.2. The van der Waals surface area contributed by atoms with Gasteiger partial charge in [0.15, 0.2) is 40.5 Å². The number of carbonyl (C=O) groups is 7. The minimum absolute atomic E-state index is 0.0158. The van der Waals surface area contributed by atoms with Crippen LogP contribution in [0.15, 0.2) is 213 Å². The summed E-state index contributed by atoms with van der Waals surface area (Å²) in [5, 5.41) is 68.8. The van der Waals surface area contributed by atoms with Crippen LogP contribution in [0, 0.1) is 66.0 Å². The summed E-state index contributed by atoms with van der Waals surface area (Å²) >= 11 is 18.1. The van der Waals surface area contributed by atoms with Crippen LogP contribution < -0.4 is 38.2 Å². The predicted octanol–water partition coefficient (Wildman–Crippen LogP) is 10.6. The van der Waals surface area contributed by atoms with Gasteiger partial charge in [0.05, 0.1) is 95.5 Å². The molecule has 0 saturated carbocycles. The highest BCUT2D eigenvalue weighted by atomic mass is 35.5. The van der Waals surface area contributed by atoms with Crippen molar-refractivity contribution in [1.29, 1.82) is 0 Å². The number of fused-ring (bicyclic) bond motifs is 7. The summed E-state index contributed by atoms with van der Waals surface area (Å²) in [6.07, 6.45) is 2.72. The van der Waals surface area contributed by atoms with E-state index in [0.29, 0.717) is 122 Å². The minimum Gasteiger partial charge on any atom is -0.423 e. The Kier molecular flexibility index (Phi) is 36.3. The van der Waals surface area contributed by atoms with E-state index in [1.807, 2.05) is 80.6 Å². The Labute approximate surface area is 874 Å². The summed E-state index contributed by atoms with van der Waals surface area (Å²) < 4.78 is 116. The molecule has 14 aromatic rings. The number of hydrogen-bond acceptors (Lipinski definition) is 28. The molecule has 21 rings (SSSR count). The molecule has 7 N–H and O–H groups in total. The van der Waals surface area contributed by atoms with Crippen molar-refractivity contribution >= 4 is 163 Å². The first-order valence-corrected chi connectivity index (χ1v) is 48.1. The molecule has 0 bridgehead atoms. The van der Waals surface area contributed by atoms with Crippen molar-refractivity contribution < 1.29 is 128 Å². The molecule has 760 valence electrons. The number of aromatic nitrogens is 7. The van der Waals surface area contributed by atoms with Crippen LogP contribution in [-0.2, 0) is 130 Å². The van der Waals surface area contributed by atoms with E-state index in [1.54, 1.807) is 119 Å². The lowest BCUT2D eigenvalue weighted by Crippen LogP contribution is -2.28. The van der Waals surface area contributed by atoms with Crippen LogP contribution in [0.5, 0.6) is 0 Å². The second kappa shape index (κ2) is 49.2. The van der Waals surface area contributed by atoms with Crippen molar-refractivity contribution in [2.24, 2.45) is 0 Å². The van der Waals surface area contributed by atoms with Gasteiger partial charge in [-0.15, -0.1) is 0 Å². The molecule has 0 fully saturated rings. The van der Waals surface area contributed by atoms with Crippen LogP contribution in [0.4, 0.5) is 26.3 Å². The number of hydrogen-bond donors (Lipinski definition) is 7. The van der Waals surface area contributed by atoms with Crippen LogP contribution in [0.2, 0.25) is 15.2 Å². The third-order valence-electron chi connectivity index (χ3n) is 25.2. The first kappa shape index (κ1) is 111. The van der Waals surface area contributed by atoms with Gasteiger partial charge >= 0.3 is 56.0 Å². The highest BCUT2D eigenvalue weighted by molar-refractivity contribution is 6.64. The smallest absolute Gasteiger partial charge is 0.423 e. The van der Waals surface area contributed by atoms with Crippen molar-refractivity contribution in [3.63, 3.8) is 0 Å². The van der Waals surface area contributed by atoms with Crippen LogP contribution >= 0.6 is 34.8 Å². The molecule has 150 heavy (non-hydrogen) atoms. The summed E-state index contributed by atoms with van der Waals surface area (Å²) in [7, 11) is -6.61. The zero-order valence-corrected chi connectivity index (χ0v) is 83.8. The number of alkyl halides is 3. The average molecular weight is 2090 g/mol. The fourth-order valence-electron chi connectivity index (χ4n) is 16.9. The van der Waals surface area contributed by atoms with Gasteiger partial charge in [0.25, 0.3) is 0 Å². The molecule has 14 heterocycles. The average Bonchev–Trinajstić information content (AvgIpc) is 1.13. The Morgan fingerprint density at radius 2 is 0.573 bits per heavy atom. The third-order valence-corrected chi connectivity index (χ3v) is 26.1. The van der Waals surface area contributed by atoms with E-state index < -0.39 is 90.5 Å². The molecular formula is C106H91B7Cl3F6N7O21. The van der Waals surface area contributed by atoms with Crippen LogP contribution in [0.3, 0.4) is 0 Å². The minimum atomic E-state index is -4.62.